The van der Waals surface area contributed by atoms with Crippen LogP contribution < -0.4 is 10.1 Å². The number of ether oxygens (including phenoxy) is 1. The number of carbonyl (C=O) groups is 1. The molecule has 1 rings (SSSR count). The fourth-order valence-electron chi connectivity index (χ4n) is 1.49. The molecular weight excluding hydrogens is 260 g/mol. The Kier molecular flexibility index (Phi) is 5.20. The third-order valence-corrected chi connectivity index (χ3v) is 2.50. The van der Waals surface area contributed by atoms with E-state index in [9.17, 15) is 23.8 Å². The van der Waals surface area contributed by atoms with E-state index < -0.39 is 23.8 Å². The predicted octanol–water partition coefficient (Wildman–Crippen LogP) is 0.504. The molecule has 0 saturated heterocycles. The molecule has 19 heavy (non-hydrogen) atoms. The first kappa shape index (κ1) is 15.3. The van der Waals surface area contributed by atoms with Gasteiger partial charge in [-0.25, -0.2) is 4.39 Å². The first-order valence-corrected chi connectivity index (χ1v) is 5.50. The number of nitrogens with one attached hydrogen (secondary N) is 1. The van der Waals surface area contributed by atoms with Crippen molar-refractivity contribution >= 4 is 5.91 Å². The fraction of sp³-hybridized carbons (Fsp3) is 0.417. The topological polar surface area (TPSA) is 78.8 Å². The zero-order valence-corrected chi connectivity index (χ0v) is 10.5. The molecule has 0 fully saturated rings. The molecule has 2 unspecified atom stereocenters. The van der Waals surface area contributed by atoms with Crippen molar-refractivity contribution in [1.29, 1.82) is 0 Å². The van der Waals surface area contributed by atoms with Gasteiger partial charge >= 0.3 is 0 Å². The van der Waals surface area contributed by atoms with E-state index in [1.54, 1.807) is 0 Å². The number of hydrogen-bond donors (Lipinski definition) is 3. The highest BCUT2D eigenvalue weighted by Gasteiger charge is 2.22. The summed E-state index contributed by atoms with van der Waals surface area (Å²) in [5.41, 5.74) is -0.0476. The maximum absolute atomic E-state index is 13.2. The average molecular weight is 275 g/mol. The smallest absolute Gasteiger partial charge is 0.216 e. The Hall–Kier alpha value is -1.73. The lowest BCUT2D eigenvalue weighted by Gasteiger charge is -2.19. The van der Waals surface area contributed by atoms with Crippen molar-refractivity contribution in [3.63, 3.8) is 0 Å². The summed E-state index contributed by atoms with van der Waals surface area (Å²) in [6, 6.07) is 1.85. The average Bonchev–Trinajstić information content (AvgIpc) is 2.37. The molecule has 3 N–H and O–H groups in total. The number of hydrogen-bond acceptors (Lipinski definition) is 4. The number of aliphatic hydroxyl groups excluding tert-OH is 2. The van der Waals surface area contributed by atoms with Crippen molar-refractivity contribution in [3.8, 4) is 5.75 Å². The second kappa shape index (κ2) is 6.44. The van der Waals surface area contributed by atoms with E-state index >= 15 is 0 Å². The quantitative estimate of drug-likeness (QED) is 0.731. The minimum atomic E-state index is -1.48. The summed E-state index contributed by atoms with van der Waals surface area (Å²) in [5, 5.41) is 21.7. The number of rotatable bonds is 5. The minimum absolute atomic E-state index is 0.0476. The second-order valence-corrected chi connectivity index (χ2v) is 3.97. The Morgan fingerprint density at radius 2 is 2.05 bits per heavy atom. The van der Waals surface area contributed by atoms with Gasteiger partial charge in [0.2, 0.25) is 11.7 Å². The van der Waals surface area contributed by atoms with E-state index in [1.165, 1.54) is 6.92 Å². The molecule has 1 amide bonds. The Morgan fingerprint density at radius 1 is 1.42 bits per heavy atom. The van der Waals surface area contributed by atoms with Crippen LogP contribution >= 0.6 is 0 Å². The van der Waals surface area contributed by atoms with Crippen molar-refractivity contribution in [3.05, 3.63) is 29.3 Å². The van der Waals surface area contributed by atoms with Gasteiger partial charge in [-0.3, -0.25) is 4.79 Å². The van der Waals surface area contributed by atoms with E-state index in [4.69, 9.17) is 0 Å². The zero-order chi connectivity index (χ0) is 14.6. The molecular formula is C12H15F2NO4. The van der Waals surface area contributed by atoms with Crippen LogP contribution in [0.4, 0.5) is 8.78 Å². The number of aliphatic hydroxyl groups is 2. The lowest BCUT2D eigenvalue weighted by Crippen LogP contribution is -2.34. The Balaban J connectivity index is 2.90. The number of halogens is 2. The summed E-state index contributed by atoms with van der Waals surface area (Å²) in [6.07, 6.45) is -2.82. The highest BCUT2D eigenvalue weighted by Crippen LogP contribution is 2.26. The van der Waals surface area contributed by atoms with Gasteiger partial charge in [-0.05, 0) is 17.7 Å². The van der Waals surface area contributed by atoms with Gasteiger partial charge in [0.25, 0.3) is 0 Å². The summed E-state index contributed by atoms with van der Waals surface area (Å²) in [4.78, 5) is 10.7. The second-order valence-electron chi connectivity index (χ2n) is 3.97. The standard InChI is InChI=1S/C12H15F2NO4/c1-6(16)15-5-9(17)12(18)7-3-8(13)11(14)10(4-7)19-2/h3-4,9,12,17-18H,5H2,1-2H3,(H,15,16). The molecule has 7 heteroatoms. The molecule has 0 aliphatic heterocycles. The Morgan fingerprint density at radius 3 is 2.58 bits per heavy atom. The molecule has 0 bridgehead atoms. The molecule has 1 aromatic rings. The lowest BCUT2D eigenvalue weighted by atomic mass is 10.0. The lowest BCUT2D eigenvalue weighted by molar-refractivity contribution is -0.119. The van der Waals surface area contributed by atoms with Crippen molar-refractivity contribution in [1.82, 2.24) is 5.32 Å². The highest BCUT2D eigenvalue weighted by atomic mass is 19.2. The van der Waals surface area contributed by atoms with Gasteiger partial charge in [-0.1, -0.05) is 0 Å². The first-order valence-electron chi connectivity index (χ1n) is 5.50. The molecule has 0 heterocycles. The van der Waals surface area contributed by atoms with E-state index in [2.05, 4.69) is 10.1 Å². The molecule has 5 nitrogen and oxygen atoms in total. The summed E-state index contributed by atoms with van der Waals surface area (Å²) in [5.74, 6) is -3.12. The summed E-state index contributed by atoms with van der Waals surface area (Å²) in [6.45, 7) is 1.04. The van der Waals surface area contributed by atoms with Crippen LogP contribution in [0.1, 0.15) is 18.6 Å². The molecule has 0 saturated carbocycles. The first-order chi connectivity index (χ1) is 8.86. The van der Waals surface area contributed by atoms with Crippen molar-refractivity contribution in [2.75, 3.05) is 13.7 Å². The predicted molar refractivity (Wildman–Crippen MR) is 62.6 cm³/mol. The third kappa shape index (κ3) is 3.87. The van der Waals surface area contributed by atoms with Gasteiger partial charge in [-0.15, -0.1) is 0 Å². The minimum Gasteiger partial charge on any atom is -0.494 e. The van der Waals surface area contributed by atoms with Gasteiger partial charge in [0.15, 0.2) is 11.6 Å². The molecule has 2 atom stereocenters. The summed E-state index contributed by atoms with van der Waals surface area (Å²) in [7, 11) is 1.15. The monoisotopic (exact) mass is 275 g/mol. The number of amides is 1. The normalized spacial score (nSPS) is 13.8. The Bertz CT molecular complexity index is 467. The van der Waals surface area contributed by atoms with Crippen molar-refractivity contribution in [2.24, 2.45) is 0 Å². The van der Waals surface area contributed by atoms with Gasteiger partial charge in [-0.2, -0.15) is 4.39 Å². The van der Waals surface area contributed by atoms with E-state index in [-0.39, 0.29) is 23.8 Å². The van der Waals surface area contributed by atoms with Crippen LogP contribution in [-0.2, 0) is 4.79 Å². The van der Waals surface area contributed by atoms with Crippen LogP contribution in [0.15, 0.2) is 12.1 Å². The van der Waals surface area contributed by atoms with Crippen LogP contribution in [0.3, 0.4) is 0 Å². The molecule has 0 aliphatic rings. The molecule has 0 aliphatic carbocycles. The maximum atomic E-state index is 13.2. The van der Waals surface area contributed by atoms with Crippen molar-refractivity contribution in [2.45, 2.75) is 19.1 Å². The molecule has 0 radical (unpaired) electrons. The molecule has 1 aromatic carbocycles. The summed E-state index contributed by atoms with van der Waals surface area (Å²) >= 11 is 0. The SMILES string of the molecule is COc1cc(C(O)C(O)CNC(C)=O)cc(F)c1F. The Labute approximate surface area is 108 Å². The van der Waals surface area contributed by atoms with Gasteiger partial charge in [0, 0.05) is 13.5 Å². The molecule has 106 valence electrons. The van der Waals surface area contributed by atoms with E-state index in [1.807, 2.05) is 0 Å². The summed E-state index contributed by atoms with van der Waals surface area (Å²) < 4.78 is 31.1. The maximum Gasteiger partial charge on any atom is 0.216 e. The molecule has 0 spiro atoms. The fourth-order valence-corrected chi connectivity index (χ4v) is 1.49. The van der Waals surface area contributed by atoms with Crippen LogP contribution in [0, 0.1) is 11.6 Å². The third-order valence-electron chi connectivity index (χ3n) is 2.50. The van der Waals surface area contributed by atoms with Crippen LogP contribution in [0.5, 0.6) is 5.75 Å². The van der Waals surface area contributed by atoms with Gasteiger partial charge in [0.1, 0.15) is 12.2 Å². The van der Waals surface area contributed by atoms with Crippen LogP contribution in [-0.4, -0.2) is 35.9 Å². The number of methoxy groups -OCH3 is 1. The van der Waals surface area contributed by atoms with Gasteiger partial charge < -0.3 is 20.3 Å². The highest BCUT2D eigenvalue weighted by molar-refractivity contribution is 5.72. The van der Waals surface area contributed by atoms with E-state index in [0.717, 1.165) is 19.2 Å². The van der Waals surface area contributed by atoms with Crippen LogP contribution in [0.25, 0.3) is 0 Å². The number of carbonyl (C=O) groups excluding carboxylic acids is 1. The number of benzene rings is 1. The molecule has 0 aromatic heterocycles. The van der Waals surface area contributed by atoms with Crippen LogP contribution in [0.2, 0.25) is 0 Å². The van der Waals surface area contributed by atoms with Gasteiger partial charge in [0.05, 0.1) is 7.11 Å². The van der Waals surface area contributed by atoms with Crippen molar-refractivity contribution < 1.29 is 28.5 Å². The van der Waals surface area contributed by atoms with E-state index in [0.29, 0.717) is 0 Å². The largest absolute Gasteiger partial charge is 0.494 e. The zero-order valence-electron chi connectivity index (χ0n) is 10.5.